The Kier molecular flexibility index (Phi) is 2.52. The third kappa shape index (κ3) is 1.85. The van der Waals surface area contributed by atoms with Gasteiger partial charge in [0.2, 0.25) is 0 Å². The molecule has 0 fully saturated rings. The molecule has 5 heteroatoms. The van der Waals surface area contributed by atoms with Gasteiger partial charge >= 0.3 is 0 Å². The van der Waals surface area contributed by atoms with Gasteiger partial charge in [-0.3, -0.25) is 9.78 Å². The summed E-state index contributed by atoms with van der Waals surface area (Å²) in [6.07, 6.45) is 3.53. The number of amides is 1. The van der Waals surface area contributed by atoms with Crippen LogP contribution >= 0.6 is 0 Å². The number of fused-ring (bicyclic) bond motifs is 1. The Bertz CT molecular complexity index is 771. The van der Waals surface area contributed by atoms with E-state index in [1.54, 1.807) is 23.1 Å². The van der Waals surface area contributed by atoms with Crippen molar-refractivity contribution < 1.29 is 4.79 Å². The Balaban J connectivity index is 2.27. The predicted octanol–water partition coefficient (Wildman–Crippen LogP) is 1.83. The molecule has 0 radical (unpaired) electrons. The van der Waals surface area contributed by atoms with Gasteiger partial charge in [-0.15, -0.1) is 0 Å². The summed E-state index contributed by atoms with van der Waals surface area (Å²) in [6.45, 7) is 1.89. The Morgan fingerprint density at radius 3 is 2.89 bits per heavy atom. The Morgan fingerprint density at radius 1 is 1.32 bits per heavy atom. The lowest BCUT2D eigenvalue weighted by Crippen LogP contribution is -2.12. The molecule has 1 amide bonds. The van der Waals surface area contributed by atoms with Crippen LogP contribution in [0.5, 0.6) is 0 Å². The number of aryl methyl sites for hydroxylation is 1. The number of benzene rings is 1. The second-order valence-corrected chi connectivity index (χ2v) is 4.32. The van der Waals surface area contributed by atoms with E-state index in [2.05, 4.69) is 10.1 Å². The van der Waals surface area contributed by atoms with Crippen LogP contribution in [0.4, 0.5) is 0 Å². The van der Waals surface area contributed by atoms with E-state index in [4.69, 9.17) is 5.73 Å². The number of pyridine rings is 1. The molecule has 94 valence electrons. The minimum absolute atomic E-state index is 0.267. The Hall–Kier alpha value is -2.69. The van der Waals surface area contributed by atoms with Gasteiger partial charge in [-0.2, -0.15) is 5.10 Å². The van der Waals surface area contributed by atoms with Crippen molar-refractivity contribution in [3.63, 3.8) is 0 Å². The average molecular weight is 252 g/mol. The molecule has 2 heterocycles. The molecule has 0 bridgehead atoms. The van der Waals surface area contributed by atoms with Crippen molar-refractivity contribution in [2.75, 3.05) is 0 Å². The number of carbonyl (C=O) groups excluding carboxylic acids is 1. The van der Waals surface area contributed by atoms with Crippen LogP contribution in [0.3, 0.4) is 0 Å². The Labute approximate surface area is 109 Å². The first-order chi connectivity index (χ1) is 9.16. The summed E-state index contributed by atoms with van der Waals surface area (Å²) >= 11 is 0. The number of hydrogen-bond donors (Lipinski definition) is 1. The van der Waals surface area contributed by atoms with Gasteiger partial charge in [0, 0.05) is 28.9 Å². The summed E-state index contributed by atoms with van der Waals surface area (Å²) in [7, 11) is 0. The Morgan fingerprint density at radius 2 is 2.16 bits per heavy atom. The molecule has 3 rings (SSSR count). The molecule has 3 aromatic rings. The van der Waals surface area contributed by atoms with Crippen LogP contribution in [0.1, 0.15) is 16.2 Å². The molecule has 0 aliphatic rings. The van der Waals surface area contributed by atoms with Gasteiger partial charge in [-0.05, 0) is 25.1 Å². The van der Waals surface area contributed by atoms with E-state index in [1.165, 1.54) is 0 Å². The van der Waals surface area contributed by atoms with Gasteiger partial charge in [-0.1, -0.05) is 12.1 Å². The van der Waals surface area contributed by atoms with Crippen LogP contribution in [-0.2, 0) is 0 Å². The van der Waals surface area contributed by atoms with E-state index < -0.39 is 5.91 Å². The maximum Gasteiger partial charge on any atom is 0.269 e. The minimum atomic E-state index is -0.524. The number of rotatable bonds is 2. The van der Waals surface area contributed by atoms with Crippen LogP contribution in [0, 0.1) is 6.92 Å². The lowest BCUT2D eigenvalue weighted by atomic mass is 10.1. The molecular weight excluding hydrogens is 240 g/mol. The lowest BCUT2D eigenvalue weighted by Gasteiger charge is -2.07. The van der Waals surface area contributed by atoms with E-state index in [-0.39, 0.29) is 5.69 Å². The van der Waals surface area contributed by atoms with Gasteiger partial charge in [0.1, 0.15) is 0 Å². The van der Waals surface area contributed by atoms with Crippen molar-refractivity contribution in [3.8, 4) is 5.69 Å². The number of nitrogens with zero attached hydrogens (tertiary/aromatic N) is 3. The maximum atomic E-state index is 11.2. The fraction of sp³-hybridized carbons (Fsp3) is 0.0714. The molecule has 0 saturated carbocycles. The fourth-order valence-electron chi connectivity index (χ4n) is 2.13. The summed E-state index contributed by atoms with van der Waals surface area (Å²) in [4.78, 5) is 15.3. The highest BCUT2D eigenvalue weighted by Crippen LogP contribution is 2.22. The average Bonchev–Trinajstić information content (AvgIpc) is 2.80. The quantitative estimate of drug-likeness (QED) is 0.756. The highest BCUT2D eigenvalue weighted by Gasteiger charge is 2.11. The molecule has 0 aliphatic carbocycles. The molecule has 0 aliphatic heterocycles. The molecular formula is C14H12N4O. The zero-order chi connectivity index (χ0) is 13.4. The second kappa shape index (κ2) is 4.20. The van der Waals surface area contributed by atoms with Gasteiger partial charge in [0.25, 0.3) is 5.91 Å². The van der Waals surface area contributed by atoms with Crippen molar-refractivity contribution in [1.29, 1.82) is 0 Å². The molecule has 1 aromatic carbocycles. The predicted molar refractivity (Wildman–Crippen MR) is 72.1 cm³/mol. The molecule has 2 N–H and O–H groups in total. The SMILES string of the molecule is Cc1cc(C(N)=O)nn1-c1cccc2cnccc12. The minimum Gasteiger partial charge on any atom is -0.364 e. The maximum absolute atomic E-state index is 11.2. The standard InChI is InChI=1S/C14H12N4O/c1-9-7-12(14(15)19)17-18(9)13-4-2-3-10-8-16-6-5-11(10)13/h2-8H,1H3,(H2,15,19). The van der Waals surface area contributed by atoms with E-state index in [0.29, 0.717) is 0 Å². The molecule has 0 unspecified atom stereocenters. The lowest BCUT2D eigenvalue weighted by molar-refractivity contribution is 0.0995. The smallest absolute Gasteiger partial charge is 0.269 e. The molecule has 5 nitrogen and oxygen atoms in total. The van der Waals surface area contributed by atoms with Crippen LogP contribution in [0.2, 0.25) is 0 Å². The van der Waals surface area contributed by atoms with E-state index >= 15 is 0 Å². The first kappa shape index (κ1) is 11.4. The normalized spacial score (nSPS) is 10.8. The van der Waals surface area contributed by atoms with E-state index in [9.17, 15) is 4.79 Å². The monoisotopic (exact) mass is 252 g/mol. The third-order valence-corrected chi connectivity index (χ3v) is 3.03. The summed E-state index contributed by atoms with van der Waals surface area (Å²) < 4.78 is 1.72. The summed E-state index contributed by atoms with van der Waals surface area (Å²) in [5, 5.41) is 6.30. The highest BCUT2D eigenvalue weighted by molar-refractivity contribution is 5.92. The zero-order valence-corrected chi connectivity index (χ0v) is 10.4. The van der Waals surface area contributed by atoms with Gasteiger partial charge in [0.15, 0.2) is 5.69 Å². The fourth-order valence-corrected chi connectivity index (χ4v) is 2.13. The van der Waals surface area contributed by atoms with Crippen molar-refractivity contribution in [2.24, 2.45) is 5.73 Å². The van der Waals surface area contributed by atoms with Crippen LogP contribution in [-0.4, -0.2) is 20.7 Å². The highest BCUT2D eigenvalue weighted by atomic mass is 16.1. The van der Waals surface area contributed by atoms with Crippen molar-refractivity contribution >= 4 is 16.7 Å². The molecule has 19 heavy (non-hydrogen) atoms. The number of carbonyl (C=O) groups is 1. The van der Waals surface area contributed by atoms with Crippen molar-refractivity contribution in [3.05, 3.63) is 54.1 Å². The van der Waals surface area contributed by atoms with Crippen LogP contribution in [0.25, 0.3) is 16.5 Å². The van der Waals surface area contributed by atoms with Crippen molar-refractivity contribution in [2.45, 2.75) is 6.92 Å². The van der Waals surface area contributed by atoms with Crippen LogP contribution < -0.4 is 5.73 Å². The van der Waals surface area contributed by atoms with Crippen molar-refractivity contribution in [1.82, 2.24) is 14.8 Å². The molecule has 0 atom stereocenters. The van der Waals surface area contributed by atoms with Crippen LogP contribution in [0.15, 0.2) is 42.7 Å². The van der Waals surface area contributed by atoms with Gasteiger partial charge in [-0.25, -0.2) is 4.68 Å². The molecule has 2 aromatic heterocycles. The number of hydrogen-bond acceptors (Lipinski definition) is 3. The summed E-state index contributed by atoms with van der Waals surface area (Å²) in [6, 6.07) is 9.48. The first-order valence-corrected chi connectivity index (χ1v) is 5.86. The van der Waals surface area contributed by atoms with E-state index in [1.807, 2.05) is 31.2 Å². The number of primary amides is 1. The number of nitrogens with two attached hydrogens (primary N) is 1. The first-order valence-electron chi connectivity index (χ1n) is 5.86. The van der Waals surface area contributed by atoms with E-state index in [0.717, 1.165) is 22.2 Å². The second-order valence-electron chi connectivity index (χ2n) is 4.32. The zero-order valence-electron chi connectivity index (χ0n) is 10.4. The molecule has 0 saturated heterocycles. The van der Waals surface area contributed by atoms with Gasteiger partial charge in [0.05, 0.1) is 5.69 Å². The summed E-state index contributed by atoms with van der Waals surface area (Å²) in [5.41, 5.74) is 7.30. The number of aromatic nitrogens is 3. The molecule has 0 spiro atoms. The summed E-state index contributed by atoms with van der Waals surface area (Å²) in [5.74, 6) is -0.524. The van der Waals surface area contributed by atoms with Gasteiger partial charge < -0.3 is 5.73 Å². The largest absolute Gasteiger partial charge is 0.364 e. The third-order valence-electron chi connectivity index (χ3n) is 3.03. The topological polar surface area (TPSA) is 73.8 Å².